The van der Waals surface area contributed by atoms with E-state index in [1.807, 2.05) is 12.1 Å². The van der Waals surface area contributed by atoms with Crippen LogP contribution in [0.3, 0.4) is 0 Å². The number of piperazine rings is 1. The third kappa shape index (κ3) is 4.19. The van der Waals surface area contributed by atoms with Crippen molar-refractivity contribution in [1.29, 1.82) is 0 Å². The summed E-state index contributed by atoms with van der Waals surface area (Å²) >= 11 is 0. The van der Waals surface area contributed by atoms with E-state index in [2.05, 4.69) is 35.7 Å². The number of pyridine rings is 1. The summed E-state index contributed by atoms with van der Waals surface area (Å²) in [4.78, 5) is 35.4. The average Bonchev–Trinajstić information content (AvgIpc) is 3.41. The molecule has 4 rings (SSSR count). The monoisotopic (exact) mass is 383 g/mol. The molecule has 0 radical (unpaired) electrons. The first-order valence-electron chi connectivity index (χ1n) is 9.82. The first kappa shape index (κ1) is 18.5. The molecule has 0 aromatic carbocycles. The molecule has 1 saturated carbocycles. The zero-order valence-corrected chi connectivity index (χ0v) is 15.7. The van der Waals surface area contributed by atoms with Gasteiger partial charge in [0, 0.05) is 37.1 Å². The Morgan fingerprint density at radius 2 is 2.04 bits per heavy atom. The van der Waals surface area contributed by atoms with E-state index >= 15 is 0 Å². The molecule has 1 aliphatic carbocycles. The summed E-state index contributed by atoms with van der Waals surface area (Å²) < 4.78 is 0. The maximum atomic E-state index is 12.5. The van der Waals surface area contributed by atoms with E-state index in [0.29, 0.717) is 24.2 Å². The fourth-order valence-electron chi connectivity index (χ4n) is 4.05. The summed E-state index contributed by atoms with van der Waals surface area (Å²) in [5.41, 5.74) is 0.856. The van der Waals surface area contributed by atoms with Gasteiger partial charge in [0.05, 0.1) is 19.0 Å². The second kappa shape index (κ2) is 8.47. The van der Waals surface area contributed by atoms with Crippen LogP contribution in [0.15, 0.2) is 24.5 Å². The van der Waals surface area contributed by atoms with Crippen LogP contribution in [0.1, 0.15) is 37.9 Å². The molecule has 9 nitrogen and oxygen atoms in total. The first-order chi connectivity index (χ1) is 13.7. The number of nitrogens with zero attached hydrogens (tertiary/aromatic N) is 4. The summed E-state index contributed by atoms with van der Waals surface area (Å²) in [6, 6.07) is 3.68. The van der Waals surface area contributed by atoms with Crippen LogP contribution in [0.4, 0.5) is 0 Å². The molecule has 1 atom stereocenters. The molecule has 0 spiro atoms. The molecule has 148 valence electrons. The largest absolute Gasteiger partial charge is 0.353 e. The lowest BCUT2D eigenvalue weighted by atomic mass is 10.0. The van der Waals surface area contributed by atoms with Crippen molar-refractivity contribution in [3.63, 3.8) is 0 Å². The van der Waals surface area contributed by atoms with Crippen molar-refractivity contribution in [2.45, 2.75) is 50.7 Å². The number of hydrogen-bond donors (Lipinski definition) is 3. The van der Waals surface area contributed by atoms with Crippen LogP contribution < -0.4 is 10.6 Å². The van der Waals surface area contributed by atoms with E-state index in [-0.39, 0.29) is 30.8 Å². The number of nitrogens with one attached hydrogen (secondary N) is 3. The van der Waals surface area contributed by atoms with Crippen molar-refractivity contribution in [3.05, 3.63) is 30.4 Å². The molecular weight excluding hydrogens is 358 g/mol. The van der Waals surface area contributed by atoms with Gasteiger partial charge in [-0.15, -0.1) is 0 Å². The minimum Gasteiger partial charge on any atom is -0.353 e. The number of aromatic amines is 1. The SMILES string of the molecule is O=C(C[C@@H]1C(=O)NCCN1C1CCCC1)NCc1nc(-c2ccncc2)n[nH]1. The molecule has 9 heteroatoms. The van der Waals surface area contributed by atoms with Gasteiger partial charge in [0.2, 0.25) is 11.8 Å². The molecule has 3 heterocycles. The smallest absolute Gasteiger partial charge is 0.237 e. The summed E-state index contributed by atoms with van der Waals surface area (Å²) in [7, 11) is 0. The number of rotatable bonds is 6. The second-order valence-electron chi connectivity index (χ2n) is 7.31. The highest BCUT2D eigenvalue weighted by atomic mass is 16.2. The highest BCUT2D eigenvalue weighted by Gasteiger charge is 2.36. The Balaban J connectivity index is 1.33. The third-order valence-corrected chi connectivity index (χ3v) is 5.47. The van der Waals surface area contributed by atoms with Gasteiger partial charge in [-0.05, 0) is 25.0 Å². The summed E-state index contributed by atoms with van der Waals surface area (Å²) in [5, 5.41) is 12.8. The van der Waals surface area contributed by atoms with Gasteiger partial charge in [-0.1, -0.05) is 12.8 Å². The van der Waals surface area contributed by atoms with Gasteiger partial charge in [-0.25, -0.2) is 4.98 Å². The summed E-state index contributed by atoms with van der Waals surface area (Å²) in [6.45, 7) is 1.71. The number of H-pyrrole nitrogens is 1. The van der Waals surface area contributed by atoms with Crippen molar-refractivity contribution >= 4 is 11.8 Å². The lowest BCUT2D eigenvalue weighted by Gasteiger charge is -2.38. The zero-order valence-electron chi connectivity index (χ0n) is 15.7. The maximum Gasteiger partial charge on any atom is 0.237 e. The van der Waals surface area contributed by atoms with Crippen molar-refractivity contribution in [2.24, 2.45) is 0 Å². The van der Waals surface area contributed by atoms with Crippen molar-refractivity contribution in [3.8, 4) is 11.4 Å². The Labute approximate surface area is 163 Å². The van der Waals surface area contributed by atoms with Crippen LogP contribution in [0.2, 0.25) is 0 Å². The first-order valence-corrected chi connectivity index (χ1v) is 9.82. The Kier molecular flexibility index (Phi) is 5.61. The average molecular weight is 383 g/mol. The summed E-state index contributed by atoms with van der Waals surface area (Å²) in [6.07, 6.45) is 8.15. The Morgan fingerprint density at radius 1 is 1.25 bits per heavy atom. The predicted molar refractivity (Wildman–Crippen MR) is 102 cm³/mol. The quantitative estimate of drug-likeness (QED) is 0.673. The number of amides is 2. The summed E-state index contributed by atoms with van der Waals surface area (Å²) in [5.74, 6) is 0.923. The van der Waals surface area contributed by atoms with Crippen LogP contribution in [0.5, 0.6) is 0 Å². The van der Waals surface area contributed by atoms with Crippen molar-refractivity contribution < 1.29 is 9.59 Å². The van der Waals surface area contributed by atoms with Crippen LogP contribution in [0, 0.1) is 0 Å². The number of aromatic nitrogens is 4. The van der Waals surface area contributed by atoms with Gasteiger partial charge in [-0.2, -0.15) is 5.10 Å². The van der Waals surface area contributed by atoms with Gasteiger partial charge in [0.15, 0.2) is 5.82 Å². The van der Waals surface area contributed by atoms with Crippen LogP contribution in [-0.2, 0) is 16.1 Å². The fraction of sp³-hybridized carbons (Fsp3) is 0.526. The minimum atomic E-state index is -0.390. The number of carbonyl (C=O) groups is 2. The Hall–Kier alpha value is -2.81. The number of carbonyl (C=O) groups excluding carboxylic acids is 2. The number of hydrogen-bond acceptors (Lipinski definition) is 6. The zero-order chi connectivity index (χ0) is 19.3. The molecule has 2 fully saturated rings. The molecule has 2 aromatic heterocycles. The lowest BCUT2D eigenvalue weighted by Crippen LogP contribution is -2.59. The second-order valence-corrected chi connectivity index (χ2v) is 7.31. The minimum absolute atomic E-state index is 0.0482. The molecule has 0 unspecified atom stereocenters. The topological polar surface area (TPSA) is 116 Å². The van der Waals surface area contributed by atoms with E-state index in [9.17, 15) is 9.59 Å². The molecule has 2 aromatic rings. The Bertz CT molecular complexity index is 817. The predicted octanol–water partition coefficient (Wildman–Crippen LogP) is 0.616. The van der Waals surface area contributed by atoms with E-state index in [1.54, 1.807) is 12.4 Å². The van der Waals surface area contributed by atoms with Gasteiger partial charge in [0.1, 0.15) is 5.82 Å². The van der Waals surface area contributed by atoms with E-state index in [1.165, 1.54) is 12.8 Å². The molecule has 2 amide bonds. The van der Waals surface area contributed by atoms with E-state index < -0.39 is 0 Å². The van der Waals surface area contributed by atoms with Gasteiger partial charge in [-0.3, -0.25) is 24.6 Å². The standard InChI is InChI=1S/C19H25N7O2/c27-17(11-15-19(28)21-9-10-26(15)14-3-1-2-4-14)22-12-16-23-18(25-24-16)13-5-7-20-8-6-13/h5-8,14-15H,1-4,9-12H2,(H,21,28)(H,22,27)(H,23,24,25)/t15-/m1/s1. The van der Waals surface area contributed by atoms with Crippen molar-refractivity contribution in [2.75, 3.05) is 13.1 Å². The third-order valence-electron chi connectivity index (χ3n) is 5.47. The van der Waals surface area contributed by atoms with Crippen molar-refractivity contribution in [1.82, 2.24) is 35.7 Å². The molecule has 1 aliphatic heterocycles. The van der Waals surface area contributed by atoms with Crippen LogP contribution in [0.25, 0.3) is 11.4 Å². The molecule has 28 heavy (non-hydrogen) atoms. The molecule has 2 aliphatic rings. The highest BCUT2D eigenvalue weighted by Crippen LogP contribution is 2.26. The van der Waals surface area contributed by atoms with Crippen LogP contribution >= 0.6 is 0 Å². The molecular formula is C19H25N7O2. The molecule has 3 N–H and O–H groups in total. The van der Waals surface area contributed by atoms with Crippen LogP contribution in [-0.4, -0.2) is 62.1 Å². The normalized spacial score (nSPS) is 20.9. The van der Waals surface area contributed by atoms with Gasteiger partial charge in [0.25, 0.3) is 0 Å². The van der Waals surface area contributed by atoms with E-state index in [0.717, 1.165) is 24.9 Å². The lowest BCUT2D eigenvalue weighted by molar-refractivity contribution is -0.135. The molecule has 1 saturated heterocycles. The van der Waals surface area contributed by atoms with Gasteiger partial charge >= 0.3 is 0 Å². The fourth-order valence-corrected chi connectivity index (χ4v) is 4.05. The van der Waals surface area contributed by atoms with E-state index in [4.69, 9.17) is 0 Å². The Morgan fingerprint density at radius 3 is 2.82 bits per heavy atom. The molecule has 0 bridgehead atoms. The highest BCUT2D eigenvalue weighted by molar-refractivity contribution is 5.88. The van der Waals surface area contributed by atoms with Gasteiger partial charge < -0.3 is 10.6 Å². The maximum absolute atomic E-state index is 12.5.